The first-order chi connectivity index (χ1) is 13.0. The first kappa shape index (κ1) is 18.8. The van der Waals surface area contributed by atoms with Gasteiger partial charge in [-0.25, -0.2) is 0 Å². The molecular formula is C19H24N4O4. The summed E-state index contributed by atoms with van der Waals surface area (Å²) in [7, 11) is 3.39. The first-order valence-corrected chi connectivity index (χ1v) is 8.83. The quantitative estimate of drug-likeness (QED) is 0.798. The fourth-order valence-electron chi connectivity index (χ4n) is 3.02. The maximum Gasteiger partial charge on any atom is 0.230 e. The van der Waals surface area contributed by atoms with Crippen LogP contribution in [-0.2, 0) is 16.6 Å². The zero-order chi connectivity index (χ0) is 19.4. The summed E-state index contributed by atoms with van der Waals surface area (Å²) < 4.78 is 12.6. The summed E-state index contributed by atoms with van der Waals surface area (Å²) in [5, 5.41) is 7.00. The number of aryl methyl sites for hydroxylation is 2. The number of amides is 2. The summed E-state index contributed by atoms with van der Waals surface area (Å²) in [6.07, 6.45) is 0.201. The molecule has 27 heavy (non-hydrogen) atoms. The third kappa shape index (κ3) is 4.39. The van der Waals surface area contributed by atoms with E-state index in [0.717, 1.165) is 5.69 Å². The van der Waals surface area contributed by atoms with Crippen molar-refractivity contribution in [3.63, 3.8) is 0 Å². The van der Waals surface area contributed by atoms with Gasteiger partial charge < -0.3 is 19.7 Å². The Hall–Kier alpha value is -3.03. The summed E-state index contributed by atoms with van der Waals surface area (Å²) in [6, 6.07) is 9.15. The van der Waals surface area contributed by atoms with Crippen LogP contribution in [0.25, 0.3) is 0 Å². The minimum atomic E-state index is -0.383. The molecule has 1 aliphatic rings. The molecule has 8 nitrogen and oxygen atoms in total. The van der Waals surface area contributed by atoms with Gasteiger partial charge in [-0.05, 0) is 19.1 Å². The molecule has 1 aromatic heterocycles. The van der Waals surface area contributed by atoms with Gasteiger partial charge in [-0.2, -0.15) is 5.10 Å². The van der Waals surface area contributed by atoms with Gasteiger partial charge in [0.2, 0.25) is 11.8 Å². The van der Waals surface area contributed by atoms with Crippen LogP contribution in [0.4, 0.5) is 5.82 Å². The molecule has 1 atom stereocenters. The van der Waals surface area contributed by atoms with Crippen molar-refractivity contribution in [1.29, 1.82) is 0 Å². The van der Waals surface area contributed by atoms with Crippen LogP contribution in [0.15, 0.2) is 30.3 Å². The average Bonchev–Trinajstić information content (AvgIpc) is 3.17. The number of nitrogens with one attached hydrogen (secondary N) is 1. The second-order valence-electron chi connectivity index (χ2n) is 6.52. The Morgan fingerprint density at radius 1 is 1.33 bits per heavy atom. The zero-order valence-corrected chi connectivity index (χ0v) is 15.8. The maximum atomic E-state index is 12.4. The van der Waals surface area contributed by atoms with Crippen LogP contribution in [0.3, 0.4) is 0 Å². The number of aromatic nitrogens is 2. The minimum Gasteiger partial charge on any atom is -0.493 e. The predicted octanol–water partition coefficient (Wildman–Crippen LogP) is 1.60. The van der Waals surface area contributed by atoms with Crippen molar-refractivity contribution < 1.29 is 19.1 Å². The molecule has 8 heteroatoms. The van der Waals surface area contributed by atoms with Gasteiger partial charge in [0.15, 0.2) is 17.3 Å². The van der Waals surface area contributed by atoms with E-state index in [-0.39, 0.29) is 24.2 Å². The van der Waals surface area contributed by atoms with Gasteiger partial charge in [-0.15, -0.1) is 0 Å². The standard InChI is InChI=1S/C19H24N4O4/c1-13-10-17(21-22(13)2)20-19(25)14-11-18(24)23(12-14)8-9-27-16-7-5-4-6-15(16)26-3/h4-7,10,14H,8-9,11-12H2,1-3H3,(H,20,21,25)/t14-/m0/s1. The molecule has 0 radical (unpaired) electrons. The molecule has 2 aromatic rings. The maximum absolute atomic E-state index is 12.4. The molecule has 1 aliphatic heterocycles. The van der Waals surface area contributed by atoms with E-state index in [1.165, 1.54) is 0 Å². The third-order valence-electron chi connectivity index (χ3n) is 4.64. The fourth-order valence-corrected chi connectivity index (χ4v) is 3.02. The predicted molar refractivity (Wildman–Crippen MR) is 99.8 cm³/mol. The molecule has 1 aromatic carbocycles. The molecule has 144 valence electrons. The average molecular weight is 372 g/mol. The lowest BCUT2D eigenvalue weighted by atomic mass is 10.1. The molecular weight excluding hydrogens is 348 g/mol. The van der Waals surface area contributed by atoms with Crippen LogP contribution in [-0.4, -0.2) is 53.3 Å². The molecule has 0 bridgehead atoms. The Kier molecular flexibility index (Phi) is 5.63. The van der Waals surface area contributed by atoms with E-state index in [2.05, 4.69) is 10.4 Å². The number of carbonyl (C=O) groups excluding carboxylic acids is 2. The van der Waals surface area contributed by atoms with Gasteiger partial charge in [0.25, 0.3) is 0 Å². The number of hydrogen-bond donors (Lipinski definition) is 1. The minimum absolute atomic E-state index is 0.0454. The van der Waals surface area contributed by atoms with Crippen LogP contribution < -0.4 is 14.8 Å². The van der Waals surface area contributed by atoms with E-state index in [9.17, 15) is 9.59 Å². The number of anilines is 1. The molecule has 0 aliphatic carbocycles. The first-order valence-electron chi connectivity index (χ1n) is 8.83. The van der Waals surface area contributed by atoms with Crippen molar-refractivity contribution >= 4 is 17.6 Å². The number of methoxy groups -OCH3 is 1. The molecule has 2 amide bonds. The van der Waals surface area contributed by atoms with Crippen LogP contribution >= 0.6 is 0 Å². The number of hydrogen-bond acceptors (Lipinski definition) is 5. The highest BCUT2D eigenvalue weighted by molar-refractivity contribution is 5.96. The molecule has 3 rings (SSSR count). The van der Waals surface area contributed by atoms with Crippen LogP contribution in [0.5, 0.6) is 11.5 Å². The summed E-state index contributed by atoms with van der Waals surface area (Å²) >= 11 is 0. The SMILES string of the molecule is COc1ccccc1OCCN1C[C@@H](C(=O)Nc2cc(C)n(C)n2)CC1=O. The summed E-state index contributed by atoms with van der Waals surface area (Å²) in [5.41, 5.74) is 0.947. The topological polar surface area (TPSA) is 85.7 Å². The van der Waals surface area contributed by atoms with Crippen molar-refractivity contribution in [2.75, 3.05) is 32.1 Å². The number of rotatable bonds is 7. The molecule has 0 unspecified atom stereocenters. The van der Waals surface area contributed by atoms with E-state index in [4.69, 9.17) is 9.47 Å². The molecule has 1 saturated heterocycles. The Labute approximate surface area is 158 Å². The van der Waals surface area contributed by atoms with Crippen molar-refractivity contribution in [2.45, 2.75) is 13.3 Å². The zero-order valence-electron chi connectivity index (χ0n) is 15.8. The highest BCUT2D eigenvalue weighted by atomic mass is 16.5. The fraction of sp³-hybridized carbons (Fsp3) is 0.421. The largest absolute Gasteiger partial charge is 0.493 e. The van der Waals surface area contributed by atoms with E-state index < -0.39 is 0 Å². The number of nitrogens with zero attached hydrogens (tertiary/aromatic N) is 3. The van der Waals surface area contributed by atoms with Crippen LogP contribution in [0.1, 0.15) is 12.1 Å². The molecule has 0 spiro atoms. The van der Waals surface area contributed by atoms with Crippen molar-refractivity contribution in [1.82, 2.24) is 14.7 Å². The number of ether oxygens (including phenoxy) is 2. The Bertz CT molecular complexity index is 813. The van der Waals surface area contributed by atoms with Gasteiger partial charge >= 0.3 is 0 Å². The smallest absolute Gasteiger partial charge is 0.230 e. The monoisotopic (exact) mass is 372 g/mol. The molecule has 1 N–H and O–H groups in total. The number of para-hydroxylation sites is 2. The summed E-state index contributed by atoms with van der Waals surface area (Å²) in [4.78, 5) is 26.3. The second-order valence-corrected chi connectivity index (χ2v) is 6.52. The van der Waals surface area contributed by atoms with Crippen molar-refractivity contribution in [3.05, 3.63) is 36.0 Å². The van der Waals surface area contributed by atoms with E-state index in [1.807, 2.05) is 38.2 Å². The molecule has 0 saturated carbocycles. The van der Waals surface area contributed by atoms with Gasteiger partial charge in [0, 0.05) is 31.8 Å². The number of likely N-dealkylation sites (tertiary alicyclic amines) is 1. The lowest BCUT2D eigenvalue weighted by molar-refractivity contribution is -0.128. The number of benzene rings is 1. The van der Waals surface area contributed by atoms with Crippen molar-refractivity contribution in [3.8, 4) is 11.5 Å². The lowest BCUT2D eigenvalue weighted by Gasteiger charge is -2.17. The Morgan fingerprint density at radius 2 is 2.07 bits per heavy atom. The van der Waals surface area contributed by atoms with E-state index in [1.54, 1.807) is 22.8 Å². The van der Waals surface area contributed by atoms with Crippen LogP contribution in [0, 0.1) is 12.8 Å². The Balaban J connectivity index is 1.50. The Morgan fingerprint density at radius 3 is 2.74 bits per heavy atom. The third-order valence-corrected chi connectivity index (χ3v) is 4.64. The van der Waals surface area contributed by atoms with Gasteiger partial charge in [0.1, 0.15) is 6.61 Å². The highest BCUT2D eigenvalue weighted by Gasteiger charge is 2.34. The molecule has 2 heterocycles. The van der Waals surface area contributed by atoms with E-state index >= 15 is 0 Å². The number of carbonyl (C=O) groups is 2. The molecule has 1 fully saturated rings. The van der Waals surface area contributed by atoms with Crippen LogP contribution in [0.2, 0.25) is 0 Å². The van der Waals surface area contributed by atoms with Crippen molar-refractivity contribution in [2.24, 2.45) is 13.0 Å². The van der Waals surface area contributed by atoms with E-state index in [0.29, 0.717) is 37.0 Å². The van der Waals surface area contributed by atoms with Gasteiger partial charge in [0.05, 0.1) is 19.6 Å². The summed E-state index contributed by atoms with van der Waals surface area (Å²) in [6.45, 7) is 3.04. The van der Waals surface area contributed by atoms with Gasteiger partial charge in [-0.1, -0.05) is 12.1 Å². The van der Waals surface area contributed by atoms with Gasteiger partial charge in [-0.3, -0.25) is 14.3 Å². The normalized spacial score (nSPS) is 16.5. The summed E-state index contributed by atoms with van der Waals surface area (Å²) in [5.74, 6) is 1.17. The highest BCUT2D eigenvalue weighted by Crippen LogP contribution is 2.26. The second kappa shape index (κ2) is 8.11. The lowest BCUT2D eigenvalue weighted by Crippen LogP contribution is -2.31.